The molecule has 0 amide bonds. The fraction of sp³-hybridized carbons (Fsp3) is 0.200. The first-order valence-corrected chi connectivity index (χ1v) is 7.46. The van der Waals surface area contributed by atoms with Gasteiger partial charge in [0, 0.05) is 0 Å². The van der Waals surface area contributed by atoms with Crippen molar-refractivity contribution in [1.29, 1.82) is 0 Å². The van der Waals surface area contributed by atoms with E-state index in [4.69, 9.17) is 4.74 Å². The zero-order valence-corrected chi connectivity index (χ0v) is 12.4. The number of methoxy groups -OCH3 is 1. The van der Waals surface area contributed by atoms with Gasteiger partial charge in [-0.1, -0.05) is 54.6 Å². The summed E-state index contributed by atoms with van der Waals surface area (Å²) in [5, 5.41) is 0. The minimum Gasteiger partial charge on any atom is -0.497 e. The fourth-order valence-electron chi connectivity index (χ4n) is 2.83. The third kappa shape index (κ3) is 3.25. The van der Waals surface area contributed by atoms with Crippen LogP contribution in [0.15, 0.2) is 66.2 Å². The molecule has 2 aromatic carbocycles. The van der Waals surface area contributed by atoms with Crippen molar-refractivity contribution in [2.24, 2.45) is 0 Å². The lowest BCUT2D eigenvalue weighted by molar-refractivity contribution is 0.415. The molecule has 0 fully saturated rings. The van der Waals surface area contributed by atoms with Gasteiger partial charge in [0.15, 0.2) is 0 Å². The van der Waals surface area contributed by atoms with Crippen LogP contribution in [0.4, 0.5) is 0 Å². The molecule has 0 spiro atoms. The summed E-state index contributed by atoms with van der Waals surface area (Å²) in [6, 6.07) is 18.9. The van der Waals surface area contributed by atoms with Gasteiger partial charge in [-0.25, -0.2) is 0 Å². The Balaban J connectivity index is 1.86. The third-order valence-corrected chi connectivity index (χ3v) is 3.98. The standard InChI is InChI=1S/C20H20O/c1-21-19-14-12-18(13-15-19)20-9-5-8-17(20)11-10-16-6-3-2-4-7-16/h2-4,6-7,10-15H,5,8-9H2,1H3. The Kier molecular flexibility index (Phi) is 4.20. The molecule has 0 radical (unpaired) electrons. The Morgan fingerprint density at radius 3 is 2.33 bits per heavy atom. The normalized spacial score (nSPS) is 14.9. The quantitative estimate of drug-likeness (QED) is 0.731. The number of hydrogen-bond acceptors (Lipinski definition) is 1. The summed E-state index contributed by atoms with van der Waals surface area (Å²) in [4.78, 5) is 0. The van der Waals surface area contributed by atoms with Crippen molar-refractivity contribution in [2.45, 2.75) is 19.3 Å². The van der Waals surface area contributed by atoms with Crippen molar-refractivity contribution in [2.75, 3.05) is 7.11 Å². The fourth-order valence-corrected chi connectivity index (χ4v) is 2.83. The van der Waals surface area contributed by atoms with Crippen molar-refractivity contribution in [3.63, 3.8) is 0 Å². The first-order valence-electron chi connectivity index (χ1n) is 7.46. The molecule has 0 atom stereocenters. The molecule has 0 saturated heterocycles. The second kappa shape index (κ2) is 6.45. The molecule has 1 heteroatoms. The molecule has 0 aromatic heterocycles. The van der Waals surface area contributed by atoms with Crippen molar-refractivity contribution in [1.82, 2.24) is 0 Å². The lowest BCUT2D eigenvalue weighted by Gasteiger charge is -2.06. The molecule has 0 N–H and O–H groups in total. The van der Waals surface area contributed by atoms with Gasteiger partial charge >= 0.3 is 0 Å². The van der Waals surface area contributed by atoms with Crippen LogP contribution in [-0.2, 0) is 0 Å². The van der Waals surface area contributed by atoms with Gasteiger partial charge in [0.25, 0.3) is 0 Å². The van der Waals surface area contributed by atoms with Crippen molar-refractivity contribution in [3.8, 4) is 5.75 Å². The van der Waals surface area contributed by atoms with Crippen LogP contribution in [0.5, 0.6) is 5.75 Å². The second-order valence-electron chi connectivity index (χ2n) is 5.33. The van der Waals surface area contributed by atoms with Gasteiger partial charge in [-0.05, 0) is 53.7 Å². The molecule has 2 aromatic rings. The average Bonchev–Trinajstić information content (AvgIpc) is 3.02. The van der Waals surface area contributed by atoms with E-state index in [0.717, 1.165) is 5.75 Å². The summed E-state index contributed by atoms with van der Waals surface area (Å²) < 4.78 is 5.23. The first-order chi connectivity index (χ1) is 10.4. The van der Waals surface area contributed by atoms with E-state index in [9.17, 15) is 0 Å². The zero-order chi connectivity index (χ0) is 14.5. The number of hydrogen-bond donors (Lipinski definition) is 0. The first kappa shape index (κ1) is 13.7. The zero-order valence-electron chi connectivity index (χ0n) is 12.4. The van der Waals surface area contributed by atoms with Gasteiger partial charge in [-0.3, -0.25) is 0 Å². The second-order valence-corrected chi connectivity index (χ2v) is 5.33. The van der Waals surface area contributed by atoms with E-state index < -0.39 is 0 Å². The maximum atomic E-state index is 5.23. The van der Waals surface area contributed by atoms with Crippen molar-refractivity contribution in [3.05, 3.63) is 77.4 Å². The molecule has 1 aliphatic carbocycles. The molecular formula is C20H20O. The molecule has 106 valence electrons. The van der Waals surface area contributed by atoms with Crippen molar-refractivity contribution < 1.29 is 4.74 Å². The van der Waals surface area contributed by atoms with Crippen LogP contribution in [0.1, 0.15) is 30.4 Å². The lowest BCUT2D eigenvalue weighted by atomic mass is 10.0. The van der Waals surface area contributed by atoms with Gasteiger partial charge in [0.2, 0.25) is 0 Å². The van der Waals surface area contributed by atoms with Crippen molar-refractivity contribution >= 4 is 11.6 Å². The highest BCUT2D eigenvalue weighted by Gasteiger charge is 2.14. The smallest absolute Gasteiger partial charge is 0.118 e. The third-order valence-electron chi connectivity index (χ3n) is 3.98. The van der Waals surface area contributed by atoms with Crippen LogP contribution >= 0.6 is 0 Å². The van der Waals surface area contributed by atoms with E-state index >= 15 is 0 Å². The predicted molar refractivity (Wildman–Crippen MR) is 89.2 cm³/mol. The Hall–Kier alpha value is -2.28. The van der Waals surface area contributed by atoms with Gasteiger partial charge in [-0.15, -0.1) is 0 Å². The number of ether oxygens (including phenoxy) is 1. The molecule has 0 unspecified atom stereocenters. The van der Waals surface area contributed by atoms with E-state index in [1.807, 2.05) is 12.1 Å². The molecule has 1 aliphatic rings. The van der Waals surface area contributed by atoms with E-state index in [1.165, 1.54) is 41.5 Å². The van der Waals surface area contributed by atoms with E-state index in [1.54, 1.807) is 7.11 Å². The minimum absolute atomic E-state index is 0.915. The minimum atomic E-state index is 0.915. The lowest BCUT2D eigenvalue weighted by Crippen LogP contribution is -1.86. The summed E-state index contributed by atoms with van der Waals surface area (Å²) in [6.45, 7) is 0. The van der Waals surface area contributed by atoms with Crippen LogP contribution in [0.25, 0.3) is 11.6 Å². The molecule has 1 nitrogen and oxygen atoms in total. The summed E-state index contributed by atoms with van der Waals surface area (Å²) in [5.41, 5.74) is 5.51. The summed E-state index contributed by atoms with van der Waals surface area (Å²) in [6.07, 6.45) is 8.08. The average molecular weight is 276 g/mol. The molecular weight excluding hydrogens is 256 g/mol. The Labute approximate surface area is 126 Å². The topological polar surface area (TPSA) is 9.23 Å². The van der Waals surface area contributed by atoms with E-state index in [-0.39, 0.29) is 0 Å². The predicted octanol–water partition coefficient (Wildman–Crippen LogP) is 5.35. The molecule has 0 aliphatic heterocycles. The van der Waals surface area contributed by atoms with Crippen LogP contribution in [0, 0.1) is 0 Å². The largest absolute Gasteiger partial charge is 0.497 e. The summed E-state index contributed by atoms with van der Waals surface area (Å²) in [7, 11) is 1.71. The summed E-state index contributed by atoms with van der Waals surface area (Å²) >= 11 is 0. The highest BCUT2D eigenvalue weighted by molar-refractivity contribution is 5.75. The SMILES string of the molecule is COc1ccc(C2=C(C=Cc3ccccc3)CCC2)cc1. The van der Waals surface area contributed by atoms with Crippen LogP contribution in [0.3, 0.4) is 0 Å². The maximum absolute atomic E-state index is 5.23. The molecule has 3 rings (SSSR count). The van der Waals surface area contributed by atoms with Gasteiger partial charge < -0.3 is 4.74 Å². The van der Waals surface area contributed by atoms with Crippen LogP contribution in [0.2, 0.25) is 0 Å². The number of rotatable bonds is 4. The molecule has 0 heterocycles. The Morgan fingerprint density at radius 1 is 0.857 bits per heavy atom. The summed E-state index contributed by atoms with van der Waals surface area (Å²) in [5.74, 6) is 0.915. The Morgan fingerprint density at radius 2 is 1.62 bits per heavy atom. The van der Waals surface area contributed by atoms with Crippen LogP contribution in [-0.4, -0.2) is 7.11 Å². The van der Waals surface area contributed by atoms with Gasteiger partial charge in [0.1, 0.15) is 5.75 Å². The molecule has 0 bridgehead atoms. The molecule has 0 saturated carbocycles. The number of allylic oxidation sites excluding steroid dienone is 3. The Bertz CT molecular complexity index is 648. The maximum Gasteiger partial charge on any atom is 0.118 e. The van der Waals surface area contributed by atoms with Crippen LogP contribution < -0.4 is 4.74 Å². The highest BCUT2D eigenvalue weighted by Crippen LogP contribution is 2.35. The van der Waals surface area contributed by atoms with Gasteiger partial charge in [0.05, 0.1) is 7.11 Å². The monoisotopic (exact) mass is 276 g/mol. The van der Waals surface area contributed by atoms with E-state index in [2.05, 4.69) is 54.6 Å². The van der Waals surface area contributed by atoms with Gasteiger partial charge in [-0.2, -0.15) is 0 Å². The van der Waals surface area contributed by atoms with E-state index in [0.29, 0.717) is 0 Å². The molecule has 21 heavy (non-hydrogen) atoms. The number of benzene rings is 2. The highest BCUT2D eigenvalue weighted by atomic mass is 16.5.